The number of nitrogens with zero attached hydrogens (tertiary/aromatic N) is 1. The van der Waals surface area contributed by atoms with Crippen LogP contribution in [-0.4, -0.2) is 46.7 Å². The lowest BCUT2D eigenvalue weighted by Crippen LogP contribution is -2.54. The van der Waals surface area contributed by atoms with Gasteiger partial charge in [0.1, 0.15) is 5.60 Å². The summed E-state index contributed by atoms with van der Waals surface area (Å²) < 4.78 is 0. The third-order valence-corrected chi connectivity index (χ3v) is 8.98. The quantitative estimate of drug-likeness (QED) is 0.493. The molecule has 35 heavy (non-hydrogen) atoms. The van der Waals surface area contributed by atoms with E-state index < -0.39 is 11.6 Å². The molecule has 5 rings (SSSR count). The molecule has 5 nitrogen and oxygen atoms in total. The van der Waals surface area contributed by atoms with E-state index >= 15 is 0 Å². The number of aliphatic hydroxyl groups is 1. The molecule has 2 amide bonds. The van der Waals surface area contributed by atoms with E-state index in [2.05, 4.69) is 15.5 Å². The predicted octanol–water partition coefficient (Wildman–Crippen LogP) is 5.19. The molecule has 3 N–H and O–H groups in total. The molecule has 2 aliphatic heterocycles. The Balaban J connectivity index is 1.13. The van der Waals surface area contributed by atoms with Gasteiger partial charge in [0.2, 0.25) is 0 Å². The van der Waals surface area contributed by atoms with Crippen LogP contribution in [0.5, 0.6) is 0 Å². The van der Waals surface area contributed by atoms with E-state index in [-0.39, 0.29) is 12.1 Å². The highest BCUT2D eigenvalue weighted by molar-refractivity contribution is 5.75. The molecule has 0 radical (unpaired) electrons. The van der Waals surface area contributed by atoms with Gasteiger partial charge in [-0.25, -0.2) is 4.79 Å². The van der Waals surface area contributed by atoms with Crippen molar-refractivity contribution in [3.63, 3.8) is 0 Å². The summed E-state index contributed by atoms with van der Waals surface area (Å²) in [5, 5.41) is 18.1. The number of benzene rings is 2. The first-order chi connectivity index (χ1) is 17.0. The van der Waals surface area contributed by atoms with E-state index in [1.807, 2.05) is 67.6 Å². The van der Waals surface area contributed by atoms with Crippen molar-refractivity contribution in [2.24, 2.45) is 5.92 Å². The number of amides is 2. The van der Waals surface area contributed by atoms with Crippen LogP contribution in [0, 0.1) is 5.92 Å². The maximum Gasteiger partial charge on any atom is 0.315 e. The van der Waals surface area contributed by atoms with Crippen LogP contribution in [0.25, 0.3) is 0 Å². The van der Waals surface area contributed by atoms with Gasteiger partial charge in [0.05, 0.1) is 6.04 Å². The standard InChI is InChI=1S/C30H41N3O2/c1-22(30(35,24-8-4-2-5-9-24)25-10-6-3-7-11-25)31-29(34)32-26-14-12-23(13-15-26)20-21-33-27-16-17-28(33)19-18-27/h2-11,22-23,26-28,35H,12-21H2,1H3,(H2,31,32,34)/t22-,23?,26?,27-,28-/m1/s1. The minimum atomic E-state index is -1.31. The molecule has 0 unspecified atom stereocenters. The first-order valence-electron chi connectivity index (χ1n) is 13.7. The summed E-state index contributed by atoms with van der Waals surface area (Å²) in [6, 6.07) is 20.5. The number of hydrogen-bond donors (Lipinski definition) is 3. The summed E-state index contributed by atoms with van der Waals surface area (Å²) in [7, 11) is 0. The third-order valence-electron chi connectivity index (χ3n) is 8.98. The molecule has 3 fully saturated rings. The second-order valence-electron chi connectivity index (χ2n) is 11.0. The van der Waals surface area contributed by atoms with Crippen molar-refractivity contribution in [2.45, 2.75) is 94.5 Å². The molecule has 2 bridgehead atoms. The fraction of sp³-hybridized carbons (Fsp3) is 0.567. The molecular formula is C30H41N3O2. The highest BCUT2D eigenvalue weighted by Gasteiger charge is 2.40. The van der Waals surface area contributed by atoms with Crippen LogP contribution < -0.4 is 10.6 Å². The van der Waals surface area contributed by atoms with Gasteiger partial charge in [-0.3, -0.25) is 4.90 Å². The molecule has 0 spiro atoms. The largest absolute Gasteiger partial charge is 0.378 e. The number of nitrogens with one attached hydrogen (secondary N) is 2. The van der Waals surface area contributed by atoms with Gasteiger partial charge in [-0.15, -0.1) is 0 Å². The smallest absolute Gasteiger partial charge is 0.315 e. The van der Waals surface area contributed by atoms with Crippen LogP contribution in [0.3, 0.4) is 0 Å². The zero-order chi connectivity index (χ0) is 24.3. The molecule has 2 heterocycles. The van der Waals surface area contributed by atoms with Gasteiger partial charge >= 0.3 is 6.03 Å². The van der Waals surface area contributed by atoms with Gasteiger partial charge in [0.25, 0.3) is 0 Å². The molecular weight excluding hydrogens is 434 g/mol. The number of fused-ring (bicyclic) bond motifs is 2. The second-order valence-corrected chi connectivity index (χ2v) is 11.0. The van der Waals surface area contributed by atoms with E-state index in [0.717, 1.165) is 42.0 Å². The normalized spacial score (nSPS) is 27.5. The van der Waals surface area contributed by atoms with Crippen molar-refractivity contribution in [3.8, 4) is 0 Å². The van der Waals surface area contributed by atoms with E-state index in [4.69, 9.17) is 0 Å². The summed E-state index contributed by atoms with van der Waals surface area (Å²) in [5.41, 5.74) is 0.226. The third kappa shape index (κ3) is 5.26. The van der Waals surface area contributed by atoms with Crippen LogP contribution in [0.4, 0.5) is 4.79 Å². The Morgan fingerprint density at radius 2 is 1.40 bits per heavy atom. The molecule has 1 aliphatic carbocycles. The van der Waals surface area contributed by atoms with E-state index in [1.165, 1.54) is 51.5 Å². The minimum absolute atomic E-state index is 0.195. The highest BCUT2D eigenvalue weighted by atomic mass is 16.3. The lowest BCUT2D eigenvalue weighted by Gasteiger charge is -2.36. The first-order valence-corrected chi connectivity index (χ1v) is 13.7. The highest BCUT2D eigenvalue weighted by Crippen LogP contribution is 2.38. The zero-order valence-electron chi connectivity index (χ0n) is 21.0. The number of rotatable bonds is 8. The lowest BCUT2D eigenvalue weighted by atomic mass is 9.81. The second kappa shape index (κ2) is 10.7. The molecule has 0 aromatic heterocycles. The van der Waals surface area contributed by atoms with Gasteiger partial charge in [-0.05, 0) is 88.3 Å². The van der Waals surface area contributed by atoms with Crippen LogP contribution in [0.2, 0.25) is 0 Å². The van der Waals surface area contributed by atoms with Crippen LogP contribution in [0.1, 0.15) is 75.8 Å². The number of carbonyl (C=O) groups excluding carboxylic acids is 1. The minimum Gasteiger partial charge on any atom is -0.378 e. The summed E-state index contributed by atoms with van der Waals surface area (Å²) in [6.07, 6.45) is 11.4. The zero-order valence-corrected chi connectivity index (χ0v) is 21.0. The molecule has 188 valence electrons. The van der Waals surface area contributed by atoms with Gasteiger partial charge in [0, 0.05) is 18.1 Å². The Morgan fingerprint density at radius 1 is 0.886 bits per heavy atom. The number of hydrogen-bond acceptors (Lipinski definition) is 3. The molecule has 3 aliphatic rings. The number of carbonyl (C=O) groups is 1. The fourth-order valence-electron chi connectivity index (χ4n) is 6.89. The first kappa shape index (κ1) is 24.3. The van der Waals surface area contributed by atoms with E-state index in [1.54, 1.807) is 0 Å². The topological polar surface area (TPSA) is 64.6 Å². The molecule has 2 aromatic rings. The lowest BCUT2D eigenvalue weighted by molar-refractivity contribution is 0.0470. The molecule has 1 saturated carbocycles. The Labute approximate surface area is 210 Å². The molecule has 5 heteroatoms. The van der Waals surface area contributed by atoms with Crippen molar-refractivity contribution in [2.75, 3.05) is 6.54 Å². The Bertz CT molecular complexity index is 899. The SMILES string of the molecule is C[C@@H](NC(=O)NC1CCC(CCN2[C@H]3CC[C@H]2CC3)CC1)C(O)(c1ccccc1)c1ccccc1. The van der Waals surface area contributed by atoms with Crippen molar-refractivity contribution >= 4 is 6.03 Å². The Morgan fingerprint density at radius 3 is 1.91 bits per heavy atom. The van der Waals surface area contributed by atoms with Gasteiger partial charge in [-0.2, -0.15) is 0 Å². The van der Waals surface area contributed by atoms with Crippen LogP contribution >= 0.6 is 0 Å². The molecule has 1 atom stereocenters. The maximum absolute atomic E-state index is 13.0. The summed E-state index contributed by atoms with van der Waals surface area (Å²) in [4.78, 5) is 15.7. The van der Waals surface area contributed by atoms with Crippen molar-refractivity contribution in [3.05, 3.63) is 71.8 Å². The van der Waals surface area contributed by atoms with Gasteiger partial charge < -0.3 is 15.7 Å². The van der Waals surface area contributed by atoms with Crippen molar-refractivity contribution < 1.29 is 9.90 Å². The van der Waals surface area contributed by atoms with Gasteiger partial charge in [-0.1, -0.05) is 60.7 Å². The fourth-order valence-corrected chi connectivity index (χ4v) is 6.89. The van der Waals surface area contributed by atoms with Crippen molar-refractivity contribution in [1.82, 2.24) is 15.5 Å². The Kier molecular flexibility index (Phi) is 7.45. The maximum atomic E-state index is 13.0. The predicted molar refractivity (Wildman–Crippen MR) is 140 cm³/mol. The molecule has 2 saturated heterocycles. The van der Waals surface area contributed by atoms with Crippen LogP contribution in [0.15, 0.2) is 60.7 Å². The van der Waals surface area contributed by atoms with E-state index in [0.29, 0.717) is 0 Å². The van der Waals surface area contributed by atoms with Gasteiger partial charge in [0.15, 0.2) is 0 Å². The average molecular weight is 476 g/mol. The summed E-state index contributed by atoms with van der Waals surface area (Å²) in [5.74, 6) is 0.788. The van der Waals surface area contributed by atoms with Crippen molar-refractivity contribution in [1.29, 1.82) is 0 Å². The summed E-state index contributed by atoms with van der Waals surface area (Å²) in [6.45, 7) is 3.15. The number of urea groups is 1. The average Bonchev–Trinajstić information content (AvgIpc) is 3.48. The molecule has 2 aromatic carbocycles. The Hall–Kier alpha value is -2.37. The monoisotopic (exact) mass is 475 g/mol. The van der Waals surface area contributed by atoms with Crippen LogP contribution in [-0.2, 0) is 5.60 Å². The summed E-state index contributed by atoms with van der Waals surface area (Å²) >= 11 is 0. The van der Waals surface area contributed by atoms with E-state index in [9.17, 15) is 9.90 Å².